The minimum atomic E-state index is -0.713. The van der Waals surface area contributed by atoms with E-state index >= 15 is 0 Å². The van der Waals surface area contributed by atoms with Crippen molar-refractivity contribution in [1.29, 1.82) is 0 Å². The highest BCUT2D eigenvalue weighted by Crippen LogP contribution is 2.29. The Hall–Kier alpha value is -1.98. The number of hydrogen-bond acceptors (Lipinski definition) is 4. The van der Waals surface area contributed by atoms with Crippen LogP contribution in [0.25, 0.3) is 12.2 Å². The molecule has 19 heavy (non-hydrogen) atoms. The summed E-state index contributed by atoms with van der Waals surface area (Å²) < 4.78 is 0. The molecule has 1 aromatic heterocycles. The van der Waals surface area contributed by atoms with Crippen LogP contribution in [-0.4, -0.2) is 14.9 Å². The molecule has 96 valence electrons. The third-order valence-corrected chi connectivity index (χ3v) is 2.75. The van der Waals surface area contributed by atoms with E-state index in [-0.39, 0.29) is 16.1 Å². The Morgan fingerprint density at radius 1 is 1.05 bits per heavy atom. The molecule has 0 saturated carbocycles. The summed E-state index contributed by atoms with van der Waals surface area (Å²) in [6.45, 7) is 0. The van der Waals surface area contributed by atoms with Crippen molar-refractivity contribution in [3.05, 3.63) is 62.1 Å². The summed E-state index contributed by atoms with van der Waals surface area (Å²) in [4.78, 5) is 17.6. The molecule has 2 aromatic rings. The smallest absolute Gasteiger partial charge is 0.258 e. The predicted octanol–water partition coefficient (Wildman–Crippen LogP) is 3.86. The normalized spacial score (nSPS) is 10.8. The van der Waals surface area contributed by atoms with E-state index in [1.807, 2.05) is 30.3 Å². The van der Waals surface area contributed by atoms with Crippen molar-refractivity contribution in [3.8, 4) is 0 Å². The monoisotopic (exact) mass is 295 g/mol. The maximum Gasteiger partial charge on any atom is 0.343 e. The minimum Gasteiger partial charge on any atom is -0.258 e. The number of halogens is 2. The second-order valence-corrected chi connectivity index (χ2v) is 4.23. The van der Waals surface area contributed by atoms with Gasteiger partial charge in [-0.15, -0.1) is 0 Å². The number of aromatic nitrogens is 2. The van der Waals surface area contributed by atoms with Gasteiger partial charge < -0.3 is 0 Å². The van der Waals surface area contributed by atoms with Crippen LogP contribution in [-0.2, 0) is 0 Å². The standard InChI is InChI=1S/C12H7Cl2N3O2/c13-11-10(17(18)19)12(14)16-9(15-11)7-6-8-4-2-1-3-5-8/h1-7H. The molecule has 2 rings (SSSR count). The Labute approximate surface area is 118 Å². The molecule has 1 aromatic carbocycles. The second-order valence-electron chi connectivity index (χ2n) is 3.51. The van der Waals surface area contributed by atoms with Crippen molar-refractivity contribution >= 4 is 41.0 Å². The van der Waals surface area contributed by atoms with Crippen molar-refractivity contribution in [2.45, 2.75) is 0 Å². The third kappa shape index (κ3) is 3.27. The Bertz CT molecular complexity index is 622. The lowest BCUT2D eigenvalue weighted by atomic mass is 10.2. The topological polar surface area (TPSA) is 68.9 Å². The summed E-state index contributed by atoms with van der Waals surface area (Å²) in [5.74, 6) is 0.212. The van der Waals surface area contributed by atoms with Crippen LogP contribution in [0, 0.1) is 10.1 Å². The number of nitrogens with zero attached hydrogens (tertiary/aromatic N) is 3. The first-order valence-corrected chi connectivity index (χ1v) is 5.94. The quantitative estimate of drug-likeness (QED) is 0.490. The Morgan fingerprint density at radius 2 is 1.63 bits per heavy atom. The van der Waals surface area contributed by atoms with E-state index in [4.69, 9.17) is 23.2 Å². The summed E-state index contributed by atoms with van der Waals surface area (Å²) in [5, 5.41) is 10.1. The summed E-state index contributed by atoms with van der Waals surface area (Å²) in [5.41, 5.74) is 0.455. The average molecular weight is 296 g/mol. The van der Waals surface area contributed by atoms with Crippen LogP contribution in [0.1, 0.15) is 11.4 Å². The number of nitro groups is 1. The van der Waals surface area contributed by atoms with E-state index in [2.05, 4.69) is 9.97 Å². The van der Waals surface area contributed by atoms with Gasteiger partial charge in [-0.1, -0.05) is 59.6 Å². The largest absolute Gasteiger partial charge is 0.343 e. The molecule has 0 unspecified atom stereocenters. The fraction of sp³-hybridized carbons (Fsp3) is 0. The van der Waals surface area contributed by atoms with E-state index in [9.17, 15) is 10.1 Å². The third-order valence-electron chi connectivity index (χ3n) is 2.22. The summed E-state index contributed by atoms with van der Waals surface area (Å²) >= 11 is 11.4. The van der Waals surface area contributed by atoms with E-state index in [1.165, 1.54) is 0 Å². The SMILES string of the molecule is O=[N+]([O-])c1c(Cl)nc(C=Cc2ccccc2)nc1Cl. The maximum atomic E-state index is 10.7. The van der Waals surface area contributed by atoms with Crippen LogP contribution >= 0.6 is 23.2 Å². The molecule has 0 spiro atoms. The molecule has 0 bridgehead atoms. The molecular weight excluding hydrogens is 289 g/mol. The van der Waals surface area contributed by atoms with Gasteiger partial charge in [0.25, 0.3) is 0 Å². The Kier molecular flexibility index (Phi) is 4.09. The second kappa shape index (κ2) is 5.77. The maximum absolute atomic E-state index is 10.7. The lowest BCUT2D eigenvalue weighted by molar-refractivity contribution is -0.385. The van der Waals surface area contributed by atoms with E-state index < -0.39 is 10.6 Å². The number of hydrogen-bond donors (Lipinski definition) is 0. The fourth-order valence-corrected chi connectivity index (χ4v) is 1.92. The van der Waals surface area contributed by atoms with Gasteiger partial charge in [0.05, 0.1) is 4.92 Å². The Morgan fingerprint density at radius 3 is 2.16 bits per heavy atom. The summed E-state index contributed by atoms with van der Waals surface area (Å²) in [6.07, 6.45) is 3.34. The van der Waals surface area contributed by atoms with Gasteiger partial charge in [-0.05, 0) is 11.6 Å². The van der Waals surface area contributed by atoms with E-state index in [1.54, 1.807) is 12.2 Å². The van der Waals surface area contributed by atoms with Gasteiger partial charge in [-0.3, -0.25) is 10.1 Å². The molecule has 7 heteroatoms. The van der Waals surface area contributed by atoms with Gasteiger partial charge in [-0.25, -0.2) is 9.97 Å². The fourth-order valence-electron chi connectivity index (χ4n) is 1.38. The highest BCUT2D eigenvalue weighted by molar-refractivity contribution is 6.36. The molecule has 0 amide bonds. The van der Waals surface area contributed by atoms with Gasteiger partial charge >= 0.3 is 5.69 Å². The molecule has 0 aliphatic heterocycles. The van der Waals surface area contributed by atoms with Gasteiger partial charge in [0.2, 0.25) is 10.3 Å². The molecule has 1 heterocycles. The van der Waals surface area contributed by atoms with Crippen molar-refractivity contribution < 1.29 is 4.92 Å². The summed E-state index contributed by atoms with van der Waals surface area (Å²) in [6, 6.07) is 9.45. The van der Waals surface area contributed by atoms with Gasteiger partial charge in [0, 0.05) is 0 Å². The minimum absolute atomic E-state index is 0.212. The molecule has 5 nitrogen and oxygen atoms in total. The van der Waals surface area contributed by atoms with Crippen molar-refractivity contribution in [2.24, 2.45) is 0 Å². The Balaban J connectivity index is 2.33. The highest BCUT2D eigenvalue weighted by Gasteiger charge is 2.21. The number of benzene rings is 1. The molecule has 0 saturated heterocycles. The van der Waals surface area contributed by atoms with E-state index in [0.717, 1.165) is 5.56 Å². The lowest BCUT2D eigenvalue weighted by Crippen LogP contribution is -1.97. The van der Waals surface area contributed by atoms with Crippen LogP contribution in [0.3, 0.4) is 0 Å². The molecule has 0 aliphatic rings. The first-order valence-electron chi connectivity index (χ1n) is 5.18. The van der Waals surface area contributed by atoms with Crippen LogP contribution in [0.2, 0.25) is 10.3 Å². The summed E-state index contributed by atoms with van der Waals surface area (Å²) in [7, 11) is 0. The van der Waals surface area contributed by atoms with Crippen LogP contribution in [0.4, 0.5) is 5.69 Å². The number of rotatable bonds is 3. The zero-order valence-corrected chi connectivity index (χ0v) is 11.0. The molecule has 0 fully saturated rings. The first kappa shape index (κ1) is 13.5. The first-order chi connectivity index (χ1) is 9.08. The highest BCUT2D eigenvalue weighted by atomic mass is 35.5. The molecule has 0 N–H and O–H groups in total. The van der Waals surface area contributed by atoms with Gasteiger partial charge in [0.15, 0.2) is 5.82 Å². The zero-order chi connectivity index (χ0) is 13.8. The molecule has 0 atom stereocenters. The molecule has 0 radical (unpaired) electrons. The van der Waals surface area contributed by atoms with Crippen molar-refractivity contribution in [3.63, 3.8) is 0 Å². The predicted molar refractivity (Wildman–Crippen MR) is 74.1 cm³/mol. The van der Waals surface area contributed by atoms with Crippen molar-refractivity contribution in [1.82, 2.24) is 9.97 Å². The zero-order valence-electron chi connectivity index (χ0n) is 9.46. The molecular formula is C12H7Cl2N3O2. The van der Waals surface area contributed by atoms with Crippen molar-refractivity contribution in [2.75, 3.05) is 0 Å². The van der Waals surface area contributed by atoms with Crippen LogP contribution < -0.4 is 0 Å². The van der Waals surface area contributed by atoms with E-state index in [0.29, 0.717) is 0 Å². The van der Waals surface area contributed by atoms with Crippen LogP contribution in [0.5, 0.6) is 0 Å². The average Bonchev–Trinajstić information content (AvgIpc) is 2.36. The van der Waals surface area contributed by atoms with Gasteiger partial charge in [-0.2, -0.15) is 0 Å². The molecule has 0 aliphatic carbocycles. The lowest BCUT2D eigenvalue weighted by Gasteiger charge is -1.98. The van der Waals surface area contributed by atoms with Crippen LogP contribution in [0.15, 0.2) is 30.3 Å². The van der Waals surface area contributed by atoms with Gasteiger partial charge in [0.1, 0.15) is 0 Å².